The first kappa shape index (κ1) is 14.5. The smallest absolute Gasteiger partial charge is 0.240 e. The van der Waals surface area contributed by atoms with Gasteiger partial charge in [-0.2, -0.15) is 4.98 Å². The summed E-state index contributed by atoms with van der Waals surface area (Å²) in [6.45, 7) is 10.6. The number of aliphatic hydroxyl groups is 1. The van der Waals surface area contributed by atoms with E-state index >= 15 is 0 Å². The van der Waals surface area contributed by atoms with Crippen LogP contribution in [0, 0.1) is 5.92 Å². The van der Waals surface area contributed by atoms with Crippen LogP contribution in [0.1, 0.15) is 58.2 Å². The lowest BCUT2D eigenvalue weighted by atomic mass is 9.83. The Morgan fingerprint density at radius 1 is 1.37 bits per heavy atom. The van der Waals surface area contributed by atoms with Crippen molar-refractivity contribution in [3.05, 3.63) is 11.7 Å². The zero-order chi connectivity index (χ0) is 14.0. The van der Waals surface area contributed by atoms with Gasteiger partial charge in [0.1, 0.15) is 0 Å². The van der Waals surface area contributed by atoms with Crippen molar-refractivity contribution in [1.29, 1.82) is 0 Å². The third kappa shape index (κ3) is 3.76. The van der Waals surface area contributed by atoms with Gasteiger partial charge in [0, 0.05) is 5.92 Å². The Labute approximate surface area is 115 Å². The van der Waals surface area contributed by atoms with Gasteiger partial charge in [-0.3, -0.25) is 4.90 Å². The normalized spacial score (nSPS) is 19.3. The average Bonchev–Trinajstić information content (AvgIpc) is 2.77. The van der Waals surface area contributed by atoms with E-state index in [4.69, 9.17) is 4.52 Å². The largest absolute Gasteiger partial charge is 0.390 e. The van der Waals surface area contributed by atoms with Gasteiger partial charge >= 0.3 is 0 Å². The molecule has 1 aromatic heterocycles. The lowest BCUT2D eigenvalue weighted by Crippen LogP contribution is -2.41. The lowest BCUT2D eigenvalue weighted by Gasteiger charge is -2.37. The van der Waals surface area contributed by atoms with Gasteiger partial charge in [-0.1, -0.05) is 19.0 Å². The van der Waals surface area contributed by atoms with Crippen LogP contribution in [0.3, 0.4) is 0 Å². The predicted octanol–water partition coefficient (Wildman–Crippen LogP) is 2.18. The van der Waals surface area contributed by atoms with Crippen LogP contribution in [-0.2, 0) is 6.54 Å². The third-order valence-corrected chi connectivity index (χ3v) is 3.95. The van der Waals surface area contributed by atoms with E-state index in [-0.39, 0.29) is 0 Å². The number of piperidine rings is 1. The topological polar surface area (TPSA) is 62.4 Å². The number of aromatic nitrogens is 2. The van der Waals surface area contributed by atoms with Gasteiger partial charge in [0.25, 0.3) is 0 Å². The Kier molecular flexibility index (Phi) is 4.26. The van der Waals surface area contributed by atoms with Crippen molar-refractivity contribution in [3.63, 3.8) is 0 Å². The van der Waals surface area contributed by atoms with E-state index in [0.29, 0.717) is 17.7 Å². The fraction of sp³-hybridized carbons (Fsp3) is 0.857. The van der Waals surface area contributed by atoms with Crippen molar-refractivity contribution in [3.8, 4) is 0 Å². The minimum absolute atomic E-state index is 0.304. The van der Waals surface area contributed by atoms with Gasteiger partial charge in [-0.25, -0.2) is 0 Å². The van der Waals surface area contributed by atoms with Gasteiger partial charge in [-0.15, -0.1) is 0 Å². The summed E-state index contributed by atoms with van der Waals surface area (Å²) in [6, 6.07) is 0. The van der Waals surface area contributed by atoms with Gasteiger partial charge in [-0.05, 0) is 45.7 Å². The number of hydrogen-bond acceptors (Lipinski definition) is 5. The summed E-state index contributed by atoms with van der Waals surface area (Å²) in [4.78, 5) is 6.72. The molecule has 2 rings (SSSR count). The first-order valence-electron chi connectivity index (χ1n) is 7.13. The predicted molar refractivity (Wildman–Crippen MR) is 72.7 cm³/mol. The van der Waals surface area contributed by atoms with E-state index in [1.54, 1.807) is 0 Å². The van der Waals surface area contributed by atoms with Crippen molar-refractivity contribution in [1.82, 2.24) is 15.0 Å². The molecule has 0 aliphatic carbocycles. The molecule has 0 saturated carbocycles. The maximum absolute atomic E-state index is 10.0. The van der Waals surface area contributed by atoms with Crippen LogP contribution < -0.4 is 0 Å². The first-order valence-corrected chi connectivity index (χ1v) is 7.13. The zero-order valence-electron chi connectivity index (χ0n) is 12.4. The minimum Gasteiger partial charge on any atom is -0.390 e. The molecule has 19 heavy (non-hydrogen) atoms. The summed E-state index contributed by atoms with van der Waals surface area (Å²) in [5, 5.41) is 14.0. The summed E-state index contributed by atoms with van der Waals surface area (Å²) in [5.74, 6) is 2.17. The number of hydrogen-bond donors (Lipinski definition) is 1. The highest BCUT2D eigenvalue weighted by molar-refractivity contribution is 4.92. The van der Waals surface area contributed by atoms with Crippen molar-refractivity contribution >= 4 is 0 Å². The van der Waals surface area contributed by atoms with Crippen molar-refractivity contribution < 1.29 is 9.63 Å². The van der Waals surface area contributed by atoms with Crippen molar-refractivity contribution in [2.24, 2.45) is 5.92 Å². The molecule has 1 aromatic rings. The van der Waals surface area contributed by atoms with E-state index in [9.17, 15) is 5.11 Å². The minimum atomic E-state index is -0.568. The Morgan fingerprint density at radius 2 is 2.00 bits per heavy atom. The molecular formula is C14H25N3O2. The Morgan fingerprint density at radius 3 is 2.47 bits per heavy atom. The number of rotatable bonds is 4. The van der Waals surface area contributed by atoms with Crippen LogP contribution in [0.4, 0.5) is 0 Å². The maximum atomic E-state index is 10.0. The third-order valence-electron chi connectivity index (χ3n) is 3.95. The van der Waals surface area contributed by atoms with E-state index in [1.807, 2.05) is 13.8 Å². The molecule has 0 bridgehead atoms. The van der Waals surface area contributed by atoms with Crippen LogP contribution in [0.5, 0.6) is 0 Å². The van der Waals surface area contributed by atoms with Crippen LogP contribution in [0.2, 0.25) is 0 Å². The number of likely N-dealkylation sites (tertiary alicyclic amines) is 1. The molecule has 0 aromatic carbocycles. The van der Waals surface area contributed by atoms with E-state index < -0.39 is 5.60 Å². The molecule has 1 saturated heterocycles. The fourth-order valence-corrected chi connectivity index (χ4v) is 2.56. The first-order chi connectivity index (χ1) is 8.86. The maximum Gasteiger partial charge on any atom is 0.240 e. The second-order valence-electron chi connectivity index (χ2n) is 6.41. The average molecular weight is 267 g/mol. The zero-order valence-corrected chi connectivity index (χ0v) is 12.4. The van der Waals surface area contributed by atoms with Crippen molar-refractivity contribution in [2.75, 3.05) is 13.1 Å². The molecule has 0 radical (unpaired) electrons. The monoisotopic (exact) mass is 267 g/mol. The standard InChI is InChI=1S/C14H25N3O2/c1-10(2)13-15-12(19-16-13)9-17-7-5-11(6-8-17)14(3,4)18/h10-11,18H,5-9H2,1-4H3. The molecule has 0 atom stereocenters. The molecule has 0 amide bonds. The molecular weight excluding hydrogens is 242 g/mol. The van der Waals surface area contributed by atoms with Crippen molar-refractivity contribution in [2.45, 2.75) is 58.6 Å². The number of nitrogens with zero attached hydrogens (tertiary/aromatic N) is 3. The van der Waals surface area contributed by atoms with Gasteiger partial charge < -0.3 is 9.63 Å². The molecule has 5 heteroatoms. The Bertz CT molecular complexity index is 401. The molecule has 1 fully saturated rings. The summed E-state index contributed by atoms with van der Waals surface area (Å²) in [6.07, 6.45) is 2.04. The Balaban J connectivity index is 1.85. The molecule has 1 aliphatic heterocycles. The highest BCUT2D eigenvalue weighted by Gasteiger charge is 2.30. The van der Waals surface area contributed by atoms with Gasteiger partial charge in [0.15, 0.2) is 5.82 Å². The highest BCUT2D eigenvalue weighted by Crippen LogP contribution is 2.28. The summed E-state index contributed by atoms with van der Waals surface area (Å²) >= 11 is 0. The summed E-state index contributed by atoms with van der Waals surface area (Å²) in [5.41, 5.74) is -0.568. The van der Waals surface area contributed by atoms with Gasteiger partial charge in [0.2, 0.25) is 5.89 Å². The fourth-order valence-electron chi connectivity index (χ4n) is 2.56. The molecule has 0 unspecified atom stereocenters. The second-order valence-corrected chi connectivity index (χ2v) is 6.41. The molecule has 1 aliphatic rings. The second kappa shape index (κ2) is 5.59. The van der Waals surface area contributed by atoms with Crippen LogP contribution >= 0.6 is 0 Å². The molecule has 2 heterocycles. The van der Waals surface area contributed by atoms with Crippen LogP contribution in [-0.4, -0.2) is 38.8 Å². The Hall–Kier alpha value is -0.940. The summed E-state index contributed by atoms with van der Waals surface area (Å²) in [7, 11) is 0. The van der Waals surface area contributed by atoms with E-state index in [0.717, 1.165) is 38.3 Å². The molecule has 1 N–H and O–H groups in total. The highest BCUT2D eigenvalue weighted by atomic mass is 16.5. The molecule has 108 valence electrons. The van der Waals surface area contributed by atoms with E-state index in [1.165, 1.54) is 0 Å². The summed E-state index contributed by atoms with van der Waals surface area (Å²) < 4.78 is 5.27. The lowest BCUT2D eigenvalue weighted by molar-refractivity contribution is -0.0147. The van der Waals surface area contributed by atoms with Crippen LogP contribution in [0.25, 0.3) is 0 Å². The van der Waals surface area contributed by atoms with Gasteiger partial charge in [0.05, 0.1) is 12.1 Å². The van der Waals surface area contributed by atoms with Crippen LogP contribution in [0.15, 0.2) is 4.52 Å². The quantitative estimate of drug-likeness (QED) is 0.906. The SMILES string of the molecule is CC(C)c1noc(CN2CCC(C(C)(C)O)CC2)n1. The molecule has 0 spiro atoms. The molecule has 5 nitrogen and oxygen atoms in total. The van der Waals surface area contributed by atoms with E-state index in [2.05, 4.69) is 28.9 Å².